The van der Waals surface area contributed by atoms with Crippen molar-refractivity contribution in [2.75, 3.05) is 6.61 Å². The summed E-state index contributed by atoms with van der Waals surface area (Å²) in [6.07, 6.45) is -7.75. The third-order valence-electron chi connectivity index (χ3n) is 2.37. The Morgan fingerprint density at radius 2 is 2.10 bits per heavy atom. The fourth-order valence-electron chi connectivity index (χ4n) is 1.38. The average molecular weight is 372 g/mol. The van der Waals surface area contributed by atoms with Gasteiger partial charge in [-0.05, 0) is 13.0 Å². The smallest absolute Gasteiger partial charge is 0.417 e. The first-order valence-corrected chi connectivity index (χ1v) is 6.19. The number of ether oxygens (including phenoxy) is 1. The Hall–Kier alpha value is -1.68. The van der Waals surface area contributed by atoms with Crippen LogP contribution in [0.25, 0.3) is 0 Å². The van der Waals surface area contributed by atoms with E-state index in [1.54, 1.807) is 0 Å². The third kappa shape index (κ3) is 4.39. The molecule has 0 radical (unpaired) electrons. The highest BCUT2D eigenvalue weighted by Gasteiger charge is 2.39. The lowest BCUT2D eigenvalue weighted by Gasteiger charge is -2.16. The fourth-order valence-corrected chi connectivity index (χ4v) is 1.83. The standard InChI is InChI=1S/C11H9BrF3NO5/c1-5(17)7-2-6(12)3-8(16(19)20)10(7)21-4-9(18)11(13,14)15/h2-3,9,18H,4H2,1H3. The molecule has 0 aliphatic heterocycles. The largest absolute Gasteiger partial charge is 0.483 e. The predicted octanol–water partition coefficient (Wildman–Crippen LogP) is 2.86. The second kappa shape index (κ2) is 6.39. The van der Waals surface area contributed by atoms with Crippen molar-refractivity contribution >= 4 is 27.4 Å². The summed E-state index contributed by atoms with van der Waals surface area (Å²) in [5, 5.41) is 19.7. The van der Waals surface area contributed by atoms with Crippen molar-refractivity contribution < 1.29 is 32.7 Å². The third-order valence-corrected chi connectivity index (χ3v) is 2.83. The van der Waals surface area contributed by atoms with Gasteiger partial charge in [-0.3, -0.25) is 14.9 Å². The van der Waals surface area contributed by atoms with Crippen LogP contribution in [0.5, 0.6) is 5.75 Å². The SMILES string of the molecule is CC(=O)c1cc(Br)cc([N+](=O)[O-])c1OCC(O)C(F)(F)F. The molecular weight excluding hydrogens is 363 g/mol. The number of nitro groups is 1. The maximum absolute atomic E-state index is 12.2. The van der Waals surface area contributed by atoms with E-state index in [0.717, 1.165) is 13.0 Å². The van der Waals surface area contributed by atoms with Gasteiger partial charge in [0.2, 0.25) is 5.75 Å². The molecule has 0 amide bonds. The van der Waals surface area contributed by atoms with Gasteiger partial charge in [0.05, 0.1) is 10.5 Å². The summed E-state index contributed by atoms with van der Waals surface area (Å²) in [5.74, 6) is -1.24. The topological polar surface area (TPSA) is 89.7 Å². The van der Waals surface area contributed by atoms with E-state index in [-0.39, 0.29) is 10.0 Å². The molecule has 6 nitrogen and oxygen atoms in total. The number of rotatable bonds is 5. The monoisotopic (exact) mass is 371 g/mol. The summed E-state index contributed by atoms with van der Waals surface area (Å²) in [4.78, 5) is 21.4. The van der Waals surface area contributed by atoms with E-state index in [1.165, 1.54) is 6.07 Å². The molecule has 116 valence electrons. The summed E-state index contributed by atoms with van der Waals surface area (Å²) in [5.41, 5.74) is -0.936. The average Bonchev–Trinajstić information content (AvgIpc) is 2.34. The number of ketones is 1. The molecule has 0 aliphatic carbocycles. The molecule has 1 atom stereocenters. The number of nitro benzene ring substituents is 1. The number of benzene rings is 1. The van der Waals surface area contributed by atoms with E-state index in [2.05, 4.69) is 20.7 Å². The number of hydrogen-bond donors (Lipinski definition) is 1. The Bertz CT molecular complexity index is 540. The van der Waals surface area contributed by atoms with Crippen LogP contribution in [0.15, 0.2) is 16.6 Å². The van der Waals surface area contributed by atoms with E-state index < -0.39 is 41.0 Å². The zero-order valence-electron chi connectivity index (χ0n) is 10.5. The van der Waals surface area contributed by atoms with E-state index >= 15 is 0 Å². The number of alkyl halides is 3. The van der Waals surface area contributed by atoms with Crippen molar-refractivity contribution in [3.8, 4) is 5.75 Å². The van der Waals surface area contributed by atoms with Gasteiger partial charge < -0.3 is 9.84 Å². The quantitative estimate of drug-likeness (QED) is 0.488. The van der Waals surface area contributed by atoms with Crippen LogP contribution in [0.3, 0.4) is 0 Å². The number of carbonyl (C=O) groups is 1. The van der Waals surface area contributed by atoms with Crippen LogP contribution in [-0.4, -0.2) is 34.7 Å². The van der Waals surface area contributed by atoms with Crippen LogP contribution < -0.4 is 4.74 Å². The Kier molecular flexibility index (Phi) is 5.29. The first-order chi connectivity index (χ1) is 9.54. The van der Waals surface area contributed by atoms with Crippen LogP contribution in [-0.2, 0) is 0 Å². The Morgan fingerprint density at radius 1 is 1.52 bits per heavy atom. The molecule has 1 aromatic carbocycles. The highest BCUT2D eigenvalue weighted by molar-refractivity contribution is 9.10. The maximum Gasteiger partial charge on any atom is 0.417 e. The second-order valence-electron chi connectivity index (χ2n) is 3.98. The number of aliphatic hydroxyl groups is 1. The van der Waals surface area contributed by atoms with Gasteiger partial charge >= 0.3 is 11.9 Å². The first kappa shape index (κ1) is 17.4. The van der Waals surface area contributed by atoms with Crippen molar-refractivity contribution in [3.05, 3.63) is 32.3 Å². The Labute approximate surface area is 124 Å². The van der Waals surface area contributed by atoms with Crippen molar-refractivity contribution in [2.45, 2.75) is 19.2 Å². The van der Waals surface area contributed by atoms with E-state index in [1.807, 2.05) is 0 Å². The van der Waals surface area contributed by atoms with Gasteiger partial charge in [0.15, 0.2) is 11.9 Å². The van der Waals surface area contributed by atoms with Crippen LogP contribution >= 0.6 is 15.9 Å². The van der Waals surface area contributed by atoms with Crippen LogP contribution in [0.1, 0.15) is 17.3 Å². The number of Topliss-reactive ketones (excluding diaryl/α,β-unsaturated/α-hetero) is 1. The molecule has 0 aliphatic rings. The fraction of sp³-hybridized carbons (Fsp3) is 0.364. The zero-order valence-corrected chi connectivity index (χ0v) is 12.1. The molecule has 0 saturated heterocycles. The van der Waals surface area contributed by atoms with Crippen molar-refractivity contribution in [3.63, 3.8) is 0 Å². The molecule has 0 spiro atoms. The van der Waals surface area contributed by atoms with Crippen LogP contribution in [0.4, 0.5) is 18.9 Å². The van der Waals surface area contributed by atoms with Gasteiger partial charge in [0.1, 0.15) is 6.61 Å². The highest BCUT2D eigenvalue weighted by atomic mass is 79.9. The summed E-state index contributed by atoms with van der Waals surface area (Å²) in [7, 11) is 0. The number of carbonyl (C=O) groups excluding carboxylic acids is 1. The van der Waals surface area contributed by atoms with Gasteiger partial charge in [-0.15, -0.1) is 0 Å². The lowest BCUT2D eigenvalue weighted by atomic mass is 10.1. The van der Waals surface area contributed by atoms with Crippen molar-refractivity contribution in [1.82, 2.24) is 0 Å². The second-order valence-corrected chi connectivity index (χ2v) is 4.90. The molecule has 1 N–H and O–H groups in total. The molecule has 0 fully saturated rings. The van der Waals surface area contributed by atoms with E-state index in [9.17, 15) is 28.1 Å². The van der Waals surface area contributed by atoms with Crippen LogP contribution in [0, 0.1) is 10.1 Å². The van der Waals surface area contributed by atoms with Gasteiger partial charge in [-0.25, -0.2) is 0 Å². The number of aliphatic hydroxyl groups excluding tert-OH is 1. The molecule has 21 heavy (non-hydrogen) atoms. The molecule has 0 saturated carbocycles. The summed E-state index contributed by atoms with van der Waals surface area (Å²) >= 11 is 2.95. The summed E-state index contributed by atoms with van der Waals surface area (Å²) in [6.45, 7) is -0.176. The minimum atomic E-state index is -4.93. The van der Waals surface area contributed by atoms with Gasteiger partial charge in [-0.1, -0.05) is 15.9 Å². The molecule has 0 bridgehead atoms. The number of hydrogen-bond acceptors (Lipinski definition) is 5. The Balaban J connectivity index is 3.20. The summed E-state index contributed by atoms with van der Waals surface area (Å²) in [6, 6.07) is 2.17. The lowest BCUT2D eigenvalue weighted by molar-refractivity contribution is -0.386. The van der Waals surface area contributed by atoms with Gasteiger partial charge in [-0.2, -0.15) is 13.2 Å². The molecule has 0 heterocycles. The normalized spacial score (nSPS) is 12.9. The zero-order chi connectivity index (χ0) is 16.4. The van der Waals surface area contributed by atoms with Gasteiger partial charge in [0.25, 0.3) is 0 Å². The van der Waals surface area contributed by atoms with Crippen LogP contribution in [0.2, 0.25) is 0 Å². The molecule has 0 aromatic heterocycles. The van der Waals surface area contributed by atoms with Crippen molar-refractivity contribution in [1.29, 1.82) is 0 Å². The number of nitrogens with zero attached hydrogens (tertiary/aromatic N) is 1. The number of halogens is 4. The summed E-state index contributed by atoms with van der Waals surface area (Å²) < 4.78 is 41.5. The van der Waals surface area contributed by atoms with E-state index in [0.29, 0.717) is 0 Å². The minimum absolute atomic E-state index is 0.197. The Morgan fingerprint density at radius 3 is 2.52 bits per heavy atom. The molecule has 1 unspecified atom stereocenters. The molecule has 10 heteroatoms. The van der Waals surface area contributed by atoms with Crippen molar-refractivity contribution in [2.24, 2.45) is 0 Å². The maximum atomic E-state index is 12.2. The molecule has 1 aromatic rings. The molecular formula is C11H9BrF3NO5. The first-order valence-electron chi connectivity index (χ1n) is 5.40. The predicted molar refractivity (Wildman–Crippen MR) is 68.4 cm³/mol. The van der Waals surface area contributed by atoms with Gasteiger partial charge in [0, 0.05) is 10.5 Å². The minimum Gasteiger partial charge on any atom is -0.483 e. The molecule has 1 rings (SSSR count). The highest BCUT2D eigenvalue weighted by Crippen LogP contribution is 2.35. The van der Waals surface area contributed by atoms with E-state index in [4.69, 9.17) is 5.11 Å². The lowest BCUT2D eigenvalue weighted by Crippen LogP contribution is -2.34.